The summed E-state index contributed by atoms with van der Waals surface area (Å²) in [7, 11) is -2.21. The molecule has 0 amide bonds. The third-order valence-corrected chi connectivity index (χ3v) is 4.50. The highest BCUT2D eigenvalue weighted by Crippen LogP contribution is 2.14. The van der Waals surface area contributed by atoms with E-state index in [1.54, 1.807) is 0 Å². The number of carbonyl (C=O) groups is 1. The van der Waals surface area contributed by atoms with Gasteiger partial charge in [-0.25, -0.2) is 8.42 Å². The minimum atomic E-state index is -3.70. The number of sulfonamides is 1. The van der Waals surface area contributed by atoms with E-state index in [1.807, 2.05) is 0 Å². The lowest BCUT2D eigenvalue weighted by molar-refractivity contribution is -0.137. The van der Waals surface area contributed by atoms with Gasteiger partial charge in [-0.1, -0.05) is 6.08 Å². The highest BCUT2D eigenvalue weighted by atomic mass is 32.2. The molecule has 1 aromatic heterocycles. The first-order valence-corrected chi connectivity index (χ1v) is 7.70. The topological polar surface area (TPSA) is 102 Å². The number of nitrogens with zero attached hydrogens (tertiary/aromatic N) is 3. The van der Waals surface area contributed by atoms with Crippen molar-refractivity contribution in [3.05, 3.63) is 25.0 Å². The lowest BCUT2D eigenvalue weighted by Gasteiger charge is -2.19. The molecule has 1 aromatic rings. The van der Waals surface area contributed by atoms with Crippen molar-refractivity contribution in [1.82, 2.24) is 14.1 Å². The molecule has 0 saturated carbocycles. The van der Waals surface area contributed by atoms with Crippen LogP contribution in [0.25, 0.3) is 0 Å². The normalized spacial score (nSPS) is 11.7. The first kappa shape index (κ1) is 17.3. The Hall–Kier alpha value is -1.71. The van der Waals surface area contributed by atoms with Crippen molar-refractivity contribution in [2.75, 3.05) is 26.8 Å². The van der Waals surface area contributed by atoms with Crippen molar-refractivity contribution < 1.29 is 23.1 Å². The maximum Gasteiger partial charge on any atom is 0.305 e. The van der Waals surface area contributed by atoms with Crippen molar-refractivity contribution in [1.29, 1.82) is 0 Å². The summed E-state index contributed by atoms with van der Waals surface area (Å²) in [6, 6.07) is 0. The predicted molar refractivity (Wildman–Crippen MR) is 75.3 cm³/mol. The SMILES string of the molecule is C=CCN(CCOC)S(=O)(=O)c1cnn(CCC(=O)O)c1. The Morgan fingerprint density at radius 2 is 2.33 bits per heavy atom. The number of methoxy groups -OCH3 is 1. The molecule has 0 bridgehead atoms. The summed E-state index contributed by atoms with van der Waals surface area (Å²) in [5.74, 6) is -0.969. The van der Waals surface area contributed by atoms with Gasteiger partial charge in [-0.2, -0.15) is 9.40 Å². The molecule has 0 aliphatic heterocycles. The molecule has 21 heavy (non-hydrogen) atoms. The number of carboxylic acids is 1. The lowest BCUT2D eigenvalue weighted by Crippen LogP contribution is -2.33. The van der Waals surface area contributed by atoms with Crippen molar-refractivity contribution in [2.45, 2.75) is 17.9 Å². The number of aromatic nitrogens is 2. The van der Waals surface area contributed by atoms with Crippen molar-refractivity contribution in [3.8, 4) is 0 Å². The summed E-state index contributed by atoms with van der Waals surface area (Å²) < 4.78 is 32.3. The van der Waals surface area contributed by atoms with Crippen LogP contribution in [0, 0.1) is 0 Å². The number of aryl methyl sites for hydroxylation is 1. The van der Waals surface area contributed by atoms with Crippen LogP contribution in [0.2, 0.25) is 0 Å². The lowest BCUT2D eigenvalue weighted by atomic mass is 10.4. The highest BCUT2D eigenvalue weighted by molar-refractivity contribution is 7.89. The van der Waals surface area contributed by atoms with Gasteiger partial charge in [0.05, 0.1) is 25.8 Å². The molecule has 9 heteroatoms. The van der Waals surface area contributed by atoms with Crippen molar-refractivity contribution >= 4 is 16.0 Å². The zero-order valence-corrected chi connectivity index (χ0v) is 12.6. The van der Waals surface area contributed by atoms with Gasteiger partial charge in [0.2, 0.25) is 10.0 Å². The van der Waals surface area contributed by atoms with Gasteiger partial charge in [-0.05, 0) is 0 Å². The van der Waals surface area contributed by atoms with Crippen LogP contribution in [0.4, 0.5) is 0 Å². The van der Waals surface area contributed by atoms with E-state index in [0.29, 0.717) is 0 Å². The van der Waals surface area contributed by atoms with Crippen molar-refractivity contribution in [2.24, 2.45) is 0 Å². The average molecular weight is 317 g/mol. The molecule has 0 atom stereocenters. The van der Waals surface area contributed by atoms with Gasteiger partial charge >= 0.3 is 5.97 Å². The van der Waals surface area contributed by atoms with Gasteiger partial charge in [0.25, 0.3) is 0 Å². The average Bonchev–Trinajstić information content (AvgIpc) is 2.90. The van der Waals surface area contributed by atoms with Gasteiger partial charge in [-0.15, -0.1) is 6.58 Å². The van der Waals surface area contributed by atoms with Crippen LogP contribution in [-0.2, 0) is 26.1 Å². The second-order valence-electron chi connectivity index (χ2n) is 4.23. The first-order chi connectivity index (χ1) is 9.91. The molecule has 1 heterocycles. The fourth-order valence-electron chi connectivity index (χ4n) is 1.61. The van der Waals surface area contributed by atoms with E-state index in [1.165, 1.54) is 34.6 Å². The fourth-order valence-corrected chi connectivity index (χ4v) is 2.96. The number of rotatable bonds is 10. The smallest absolute Gasteiger partial charge is 0.305 e. The Labute approximate surface area is 123 Å². The first-order valence-electron chi connectivity index (χ1n) is 6.26. The van der Waals surface area contributed by atoms with Crippen LogP contribution >= 0.6 is 0 Å². The number of hydrogen-bond acceptors (Lipinski definition) is 5. The summed E-state index contributed by atoms with van der Waals surface area (Å²) in [6.45, 7) is 4.27. The van der Waals surface area contributed by atoms with E-state index in [9.17, 15) is 13.2 Å². The summed E-state index contributed by atoms with van der Waals surface area (Å²) in [6.07, 6.45) is 3.89. The maximum atomic E-state index is 12.4. The zero-order chi connectivity index (χ0) is 15.9. The number of carboxylic acid groups (broad SMARTS) is 1. The molecule has 0 aliphatic rings. The highest BCUT2D eigenvalue weighted by Gasteiger charge is 2.24. The molecule has 0 spiro atoms. The van der Waals surface area contributed by atoms with Gasteiger partial charge in [0, 0.05) is 26.4 Å². The summed E-state index contributed by atoms with van der Waals surface area (Å²) in [4.78, 5) is 10.5. The van der Waals surface area contributed by atoms with E-state index in [2.05, 4.69) is 11.7 Å². The molecule has 1 rings (SSSR count). The van der Waals surface area contributed by atoms with Gasteiger partial charge in [-0.3, -0.25) is 9.48 Å². The van der Waals surface area contributed by atoms with Crippen LogP contribution < -0.4 is 0 Å². The Kier molecular flexibility index (Phi) is 6.53. The Morgan fingerprint density at radius 3 is 2.90 bits per heavy atom. The van der Waals surface area contributed by atoms with Crippen molar-refractivity contribution in [3.63, 3.8) is 0 Å². The number of hydrogen-bond donors (Lipinski definition) is 1. The van der Waals surface area contributed by atoms with E-state index in [4.69, 9.17) is 9.84 Å². The van der Waals surface area contributed by atoms with E-state index in [0.717, 1.165) is 0 Å². The van der Waals surface area contributed by atoms with Crippen LogP contribution in [-0.4, -0.2) is 60.4 Å². The molecular formula is C12H19N3O5S. The van der Waals surface area contributed by atoms with Crippen LogP contribution in [0.3, 0.4) is 0 Å². The fraction of sp³-hybridized carbons (Fsp3) is 0.500. The Bertz CT molecular complexity index is 581. The van der Waals surface area contributed by atoms with E-state index >= 15 is 0 Å². The molecule has 0 saturated heterocycles. The molecule has 0 unspecified atom stereocenters. The summed E-state index contributed by atoms with van der Waals surface area (Å²) >= 11 is 0. The molecule has 8 nitrogen and oxygen atoms in total. The Morgan fingerprint density at radius 1 is 1.62 bits per heavy atom. The van der Waals surface area contributed by atoms with E-state index in [-0.39, 0.29) is 37.6 Å². The van der Waals surface area contributed by atoms with Crippen LogP contribution in [0.5, 0.6) is 0 Å². The second-order valence-corrected chi connectivity index (χ2v) is 6.17. The third-order valence-electron chi connectivity index (χ3n) is 2.68. The molecule has 0 aliphatic carbocycles. The Balaban J connectivity index is 2.88. The monoisotopic (exact) mass is 317 g/mol. The number of ether oxygens (including phenoxy) is 1. The molecule has 0 aromatic carbocycles. The zero-order valence-electron chi connectivity index (χ0n) is 11.8. The predicted octanol–water partition coefficient (Wildman–Crippen LogP) is 0.181. The molecule has 0 fully saturated rings. The largest absolute Gasteiger partial charge is 0.481 e. The quantitative estimate of drug-likeness (QED) is 0.618. The van der Waals surface area contributed by atoms with Gasteiger partial charge < -0.3 is 9.84 Å². The van der Waals surface area contributed by atoms with Crippen LogP contribution in [0.1, 0.15) is 6.42 Å². The van der Waals surface area contributed by atoms with E-state index < -0.39 is 16.0 Å². The minimum Gasteiger partial charge on any atom is -0.481 e. The summed E-state index contributed by atoms with van der Waals surface area (Å²) in [5.41, 5.74) is 0. The van der Waals surface area contributed by atoms with Crippen LogP contribution in [0.15, 0.2) is 29.9 Å². The minimum absolute atomic E-state index is 0.0193. The standard InChI is InChI=1S/C12H19N3O5S/c1-3-5-15(7-8-20-2)21(18,19)11-9-13-14(10-11)6-4-12(16)17/h3,9-10H,1,4-8H2,2H3,(H,16,17). The second kappa shape index (κ2) is 7.91. The molecule has 0 radical (unpaired) electrons. The number of aliphatic carboxylic acids is 1. The third kappa shape index (κ3) is 4.96. The van der Waals surface area contributed by atoms with Gasteiger partial charge in [0.1, 0.15) is 4.90 Å². The molecular weight excluding hydrogens is 298 g/mol. The molecule has 1 N–H and O–H groups in total. The van der Waals surface area contributed by atoms with Gasteiger partial charge in [0.15, 0.2) is 0 Å². The molecule has 118 valence electrons. The maximum absolute atomic E-state index is 12.4. The summed E-state index contributed by atoms with van der Waals surface area (Å²) in [5, 5.41) is 12.5.